The number of aromatic nitrogens is 2. The number of fused-ring (bicyclic) bond motifs is 2. The van der Waals surface area contributed by atoms with E-state index in [1.165, 1.54) is 37.0 Å². The summed E-state index contributed by atoms with van der Waals surface area (Å²) in [6.07, 6.45) is 18.5. The molecule has 0 radical (unpaired) electrons. The number of nitrogens with zero attached hydrogens (tertiary/aromatic N) is 2. The van der Waals surface area contributed by atoms with E-state index in [1.807, 2.05) is 30.3 Å². The van der Waals surface area contributed by atoms with Crippen molar-refractivity contribution in [2.75, 3.05) is 11.5 Å². The summed E-state index contributed by atoms with van der Waals surface area (Å²) in [6, 6.07) is 7.93. The molecule has 4 aliphatic rings. The number of hydrogen-bond acceptors (Lipinski definition) is 5. The highest BCUT2D eigenvalue weighted by atomic mass is 32.2. The highest BCUT2D eigenvalue weighted by Gasteiger charge is 2.42. The molecule has 0 spiro atoms. The van der Waals surface area contributed by atoms with Gasteiger partial charge in [-0.3, -0.25) is 14.8 Å². The summed E-state index contributed by atoms with van der Waals surface area (Å²) in [5.74, 6) is 7.97. The van der Waals surface area contributed by atoms with Crippen LogP contribution in [0.25, 0.3) is 0 Å². The first-order valence-corrected chi connectivity index (χ1v) is 16.6. The lowest BCUT2D eigenvalue weighted by Gasteiger charge is -2.50. The Labute approximate surface area is 240 Å². The molecule has 208 valence electrons. The fourth-order valence-electron chi connectivity index (χ4n) is 6.53. The molecule has 0 saturated heterocycles. The van der Waals surface area contributed by atoms with Crippen LogP contribution >= 0.6 is 23.5 Å². The van der Waals surface area contributed by atoms with E-state index in [0.29, 0.717) is 17.5 Å². The SMILES string of the molecule is C=CCSc1ccncc1.CC1CC2CC(C1)C2C.CCC1CCCC(C(=O)CSc2ccncc2)C1C. The molecule has 2 bridgehead atoms. The van der Waals surface area contributed by atoms with Crippen LogP contribution in [-0.2, 0) is 4.79 Å². The molecular weight excluding hydrogens is 505 g/mol. The van der Waals surface area contributed by atoms with Crippen molar-refractivity contribution in [1.29, 1.82) is 0 Å². The molecule has 5 unspecified atom stereocenters. The van der Waals surface area contributed by atoms with Gasteiger partial charge in [-0.05, 0) is 85.5 Å². The van der Waals surface area contributed by atoms with E-state index in [9.17, 15) is 4.79 Å². The molecule has 38 heavy (non-hydrogen) atoms. The monoisotopic (exact) mass is 552 g/mol. The van der Waals surface area contributed by atoms with Crippen LogP contribution in [0.15, 0.2) is 71.5 Å². The van der Waals surface area contributed by atoms with Crippen LogP contribution in [0.5, 0.6) is 0 Å². The van der Waals surface area contributed by atoms with E-state index in [-0.39, 0.29) is 5.92 Å². The molecule has 2 aromatic rings. The Morgan fingerprint density at radius 2 is 1.47 bits per heavy atom. The van der Waals surface area contributed by atoms with Gasteiger partial charge in [0.1, 0.15) is 5.78 Å². The maximum atomic E-state index is 12.4. The number of carbonyl (C=O) groups excluding carboxylic acids is 1. The van der Waals surface area contributed by atoms with Gasteiger partial charge in [-0.15, -0.1) is 30.1 Å². The van der Waals surface area contributed by atoms with Crippen LogP contribution in [0.1, 0.15) is 72.6 Å². The number of pyridine rings is 2. The number of ketones is 1. The van der Waals surface area contributed by atoms with Crippen molar-refractivity contribution in [2.24, 2.45) is 41.4 Å². The second-order valence-corrected chi connectivity index (χ2v) is 13.6. The Hall–Kier alpha value is -1.59. The third-order valence-corrected chi connectivity index (χ3v) is 11.0. The first-order chi connectivity index (χ1) is 18.4. The quantitative estimate of drug-likeness (QED) is 0.241. The molecule has 0 aromatic carbocycles. The highest BCUT2D eigenvalue weighted by molar-refractivity contribution is 8.00. The van der Waals surface area contributed by atoms with E-state index in [1.54, 1.807) is 54.7 Å². The van der Waals surface area contributed by atoms with Gasteiger partial charge in [0, 0.05) is 46.2 Å². The van der Waals surface area contributed by atoms with Crippen LogP contribution in [0.4, 0.5) is 0 Å². The van der Waals surface area contributed by atoms with Crippen molar-refractivity contribution >= 4 is 29.3 Å². The average Bonchev–Trinajstić information content (AvgIpc) is 2.96. The van der Waals surface area contributed by atoms with Crippen LogP contribution < -0.4 is 0 Å². The third-order valence-electron chi connectivity index (χ3n) is 8.96. The molecule has 0 N–H and O–H groups in total. The maximum absolute atomic E-state index is 12.4. The van der Waals surface area contributed by atoms with E-state index >= 15 is 0 Å². The number of carbonyl (C=O) groups is 1. The third kappa shape index (κ3) is 9.55. The lowest BCUT2D eigenvalue weighted by Crippen LogP contribution is -2.41. The molecule has 3 nitrogen and oxygen atoms in total. The van der Waals surface area contributed by atoms with Crippen LogP contribution in [-0.4, -0.2) is 27.3 Å². The summed E-state index contributed by atoms with van der Waals surface area (Å²) in [5.41, 5.74) is 0. The van der Waals surface area contributed by atoms with Crippen molar-refractivity contribution in [3.63, 3.8) is 0 Å². The minimum atomic E-state index is 0.285. The van der Waals surface area contributed by atoms with Gasteiger partial charge in [-0.1, -0.05) is 53.0 Å². The minimum Gasteiger partial charge on any atom is -0.298 e. The van der Waals surface area contributed by atoms with Crippen molar-refractivity contribution in [3.05, 3.63) is 61.7 Å². The largest absolute Gasteiger partial charge is 0.298 e. The van der Waals surface area contributed by atoms with Crippen molar-refractivity contribution < 1.29 is 4.79 Å². The Bertz CT molecular complexity index is 942. The summed E-state index contributed by atoms with van der Waals surface area (Å²) >= 11 is 3.41. The first-order valence-electron chi connectivity index (χ1n) is 14.6. The minimum absolute atomic E-state index is 0.285. The molecule has 5 atom stereocenters. The Balaban J connectivity index is 0.000000175. The van der Waals surface area contributed by atoms with Gasteiger partial charge >= 0.3 is 0 Å². The number of hydrogen-bond donors (Lipinski definition) is 0. The van der Waals surface area contributed by atoms with Gasteiger partial charge in [0.15, 0.2) is 0 Å². The summed E-state index contributed by atoms with van der Waals surface area (Å²) in [6.45, 7) is 13.0. The summed E-state index contributed by atoms with van der Waals surface area (Å²) in [5, 5.41) is 0. The van der Waals surface area contributed by atoms with Crippen molar-refractivity contribution in [1.82, 2.24) is 9.97 Å². The predicted octanol–water partition coefficient (Wildman–Crippen LogP) is 9.25. The van der Waals surface area contributed by atoms with E-state index < -0.39 is 0 Å². The second-order valence-electron chi connectivity index (χ2n) is 11.5. The molecule has 0 aliphatic heterocycles. The van der Waals surface area contributed by atoms with Gasteiger partial charge < -0.3 is 0 Å². The average molecular weight is 553 g/mol. The highest BCUT2D eigenvalue weighted by Crippen LogP contribution is 2.52. The van der Waals surface area contributed by atoms with E-state index in [2.05, 4.69) is 44.2 Å². The lowest BCUT2D eigenvalue weighted by atomic mass is 9.55. The zero-order chi connectivity index (χ0) is 27.3. The first kappa shape index (κ1) is 30.9. The standard InChI is InChI=1S/C16H23NOS.C9H16.C8H9NS/c1-3-13-5-4-6-15(12(13)2)16(18)11-19-14-7-9-17-10-8-14;1-6-3-8-5-9(4-6)7(8)2;1-2-7-10-8-3-5-9-6-4-8/h7-10,12-13,15H,3-6,11H2,1-2H3;6-9H,3-5H2,1-2H3;2-6H,1,7H2. The zero-order valence-electron chi connectivity index (χ0n) is 23.9. The summed E-state index contributed by atoms with van der Waals surface area (Å²) < 4.78 is 0. The predicted molar refractivity (Wildman–Crippen MR) is 165 cm³/mol. The Kier molecular flexibility index (Phi) is 13.4. The van der Waals surface area contributed by atoms with Gasteiger partial charge in [-0.25, -0.2) is 0 Å². The molecule has 4 saturated carbocycles. The summed E-state index contributed by atoms with van der Waals surface area (Å²) in [7, 11) is 0. The molecule has 2 aromatic heterocycles. The molecule has 2 heterocycles. The van der Waals surface area contributed by atoms with Crippen LogP contribution in [0, 0.1) is 41.4 Å². The molecule has 5 heteroatoms. The molecule has 4 fully saturated rings. The van der Waals surface area contributed by atoms with E-state index in [0.717, 1.165) is 46.7 Å². The lowest BCUT2D eigenvalue weighted by molar-refractivity contribution is -0.123. The summed E-state index contributed by atoms with van der Waals surface area (Å²) in [4.78, 5) is 22.7. The van der Waals surface area contributed by atoms with Crippen molar-refractivity contribution in [2.45, 2.75) is 82.4 Å². The second kappa shape index (κ2) is 16.5. The maximum Gasteiger partial charge on any atom is 0.146 e. The molecule has 0 amide bonds. The number of thioether (sulfide) groups is 2. The number of Topliss-reactive ketones (excluding diaryl/α,β-unsaturated/α-hetero) is 1. The smallest absolute Gasteiger partial charge is 0.146 e. The van der Waals surface area contributed by atoms with E-state index in [4.69, 9.17) is 0 Å². The fraction of sp³-hybridized carbons (Fsp3) is 0.606. The molecule has 6 rings (SSSR count). The molecule has 4 aliphatic carbocycles. The topological polar surface area (TPSA) is 42.9 Å². The number of rotatable bonds is 8. The normalized spacial score (nSPS) is 29.4. The van der Waals surface area contributed by atoms with Gasteiger partial charge in [0.2, 0.25) is 0 Å². The van der Waals surface area contributed by atoms with Gasteiger partial charge in [-0.2, -0.15) is 0 Å². The Morgan fingerprint density at radius 3 is 1.97 bits per heavy atom. The fourth-order valence-corrected chi connectivity index (χ4v) is 7.99. The van der Waals surface area contributed by atoms with Gasteiger partial charge in [0.25, 0.3) is 0 Å². The van der Waals surface area contributed by atoms with Crippen molar-refractivity contribution in [3.8, 4) is 0 Å². The van der Waals surface area contributed by atoms with Crippen LogP contribution in [0.2, 0.25) is 0 Å². The zero-order valence-corrected chi connectivity index (χ0v) is 25.6. The molecular formula is C33H48N2OS2. The van der Waals surface area contributed by atoms with Gasteiger partial charge in [0.05, 0.1) is 5.75 Å². The van der Waals surface area contributed by atoms with Crippen LogP contribution in [0.3, 0.4) is 0 Å². The Morgan fingerprint density at radius 1 is 0.895 bits per heavy atom.